The van der Waals surface area contributed by atoms with Crippen LogP contribution in [0.1, 0.15) is 22.7 Å². The number of aliphatic hydroxyl groups is 1. The van der Waals surface area contributed by atoms with Gasteiger partial charge in [0.2, 0.25) is 0 Å². The van der Waals surface area contributed by atoms with Crippen LogP contribution in [-0.2, 0) is 16.0 Å². The highest BCUT2D eigenvalue weighted by molar-refractivity contribution is 6.47. The fourth-order valence-corrected chi connectivity index (χ4v) is 5.38. The third-order valence-electron chi connectivity index (χ3n) is 6.76. The number of ether oxygens (including phenoxy) is 2. The molecule has 7 nitrogen and oxygen atoms in total. The minimum absolute atomic E-state index is 0.0654. The summed E-state index contributed by atoms with van der Waals surface area (Å²) in [6, 6.07) is 16.5. The molecule has 0 saturated carbocycles. The average molecular weight is 551 g/mol. The van der Waals surface area contributed by atoms with E-state index >= 15 is 0 Å². The Balaban J connectivity index is 1.60. The van der Waals surface area contributed by atoms with E-state index in [9.17, 15) is 14.7 Å². The Kier molecular flexibility index (Phi) is 7.06. The first-order valence-electron chi connectivity index (χ1n) is 11.8. The minimum atomic E-state index is -0.891. The number of H-pyrrole nitrogens is 1. The van der Waals surface area contributed by atoms with Crippen molar-refractivity contribution in [2.45, 2.75) is 12.5 Å². The predicted octanol–water partition coefficient (Wildman–Crippen LogP) is 6.16. The van der Waals surface area contributed by atoms with Crippen LogP contribution in [0.2, 0.25) is 10.0 Å². The molecule has 1 aromatic heterocycles. The predicted molar refractivity (Wildman–Crippen MR) is 147 cm³/mol. The van der Waals surface area contributed by atoms with Crippen molar-refractivity contribution < 1.29 is 24.2 Å². The molecular formula is C29H24Cl2N2O5. The molecule has 4 aromatic rings. The van der Waals surface area contributed by atoms with E-state index in [0.717, 1.165) is 16.5 Å². The first-order valence-corrected chi connectivity index (χ1v) is 12.6. The Morgan fingerprint density at radius 2 is 1.82 bits per heavy atom. The Hall–Kier alpha value is -3.94. The molecule has 0 radical (unpaired) electrons. The third-order valence-corrected chi connectivity index (χ3v) is 7.30. The van der Waals surface area contributed by atoms with Crippen LogP contribution in [-0.4, -0.2) is 47.4 Å². The Labute approximate surface area is 229 Å². The molecule has 9 heteroatoms. The van der Waals surface area contributed by atoms with Crippen molar-refractivity contribution in [3.05, 3.63) is 99.2 Å². The molecule has 1 aliphatic rings. The smallest absolute Gasteiger partial charge is 0.295 e. The van der Waals surface area contributed by atoms with E-state index in [-0.39, 0.29) is 28.5 Å². The van der Waals surface area contributed by atoms with Gasteiger partial charge in [-0.3, -0.25) is 9.59 Å². The minimum Gasteiger partial charge on any atom is -0.507 e. The van der Waals surface area contributed by atoms with Crippen LogP contribution in [0, 0.1) is 0 Å². The number of rotatable bonds is 7. The first kappa shape index (κ1) is 25.7. The fourth-order valence-electron chi connectivity index (χ4n) is 4.89. The van der Waals surface area contributed by atoms with E-state index in [2.05, 4.69) is 4.98 Å². The lowest BCUT2D eigenvalue weighted by atomic mass is 9.94. The number of fused-ring (bicyclic) bond motifs is 1. The number of likely N-dealkylation sites (tertiary alicyclic amines) is 1. The van der Waals surface area contributed by atoms with E-state index in [1.165, 1.54) is 24.1 Å². The summed E-state index contributed by atoms with van der Waals surface area (Å²) < 4.78 is 10.9. The summed E-state index contributed by atoms with van der Waals surface area (Å²) in [5.41, 5.74) is 2.60. The Morgan fingerprint density at radius 1 is 1.03 bits per heavy atom. The van der Waals surface area contributed by atoms with E-state index in [4.69, 9.17) is 32.7 Å². The molecule has 0 spiro atoms. The second-order valence-corrected chi connectivity index (χ2v) is 9.68. The van der Waals surface area contributed by atoms with Crippen molar-refractivity contribution in [3.63, 3.8) is 0 Å². The molecule has 0 bridgehead atoms. The number of carbonyl (C=O) groups excluding carboxylic acids is 2. The van der Waals surface area contributed by atoms with Crippen molar-refractivity contribution in [2.24, 2.45) is 0 Å². The zero-order chi connectivity index (χ0) is 27.0. The number of benzene rings is 3. The maximum Gasteiger partial charge on any atom is 0.295 e. The van der Waals surface area contributed by atoms with Crippen LogP contribution in [0.5, 0.6) is 11.5 Å². The Bertz CT molecular complexity index is 1590. The highest BCUT2D eigenvalue weighted by atomic mass is 35.5. The summed E-state index contributed by atoms with van der Waals surface area (Å²) in [5.74, 6) is -0.697. The maximum absolute atomic E-state index is 13.4. The van der Waals surface area contributed by atoms with Gasteiger partial charge in [0.15, 0.2) is 0 Å². The number of aromatic nitrogens is 1. The molecule has 1 saturated heterocycles. The number of aromatic amines is 1. The van der Waals surface area contributed by atoms with Crippen LogP contribution in [0.3, 0.4) is 0 Å². The SMILES string of the molecule is COc1ccc2[nH]cc(CCN3C(=O)C(=O)C(=C(O)c4ccc(Cl)cc4Cl)[C@@H]3c3ccccc3OC)c2c1. The highest BCUT2D eigenvalue weighted by Crippen LogP contribution is 2.43. The summed E-state index contributed by atoms with van der Waals surface area (Å²) in [6.07, 6.45) is 2.33. The molecule has 1 aliphatic heterocycles. The quantitative estimate of drug-likeness (QED) is 0.163. The molecule has 1 atom stereocenters. The van der Waals surface area contributed by atoms with E-state index in [1.807, 2.05) is 24.4 Å². The second-order valence-electron chi connectivity index (χ2n) is 8.83. The molecular weight excluding hydrogens is 527 g/mol. The number of Topliss-reactive ketones (excluding diaryl/α,β-unsaturated/α-hetero) is 1. The number of carbonyl (C=O) groups is 2. The van der Waals surface area contributed by atoms with E-state index < -0.39 is 17.7 Å². The van der Waals surface area contributed by atoms with Gasteiger partial charge in [0, 0.05) is 39.8 Å². The lowest BCUT2D eigenvalue weighted by Gasteiger charge is -2.26. The zero-order valence-corrected chi connectivity index (χ0v) is 22.1. The lowest BCUT2D eigenvalue weighted by molar-refractivity contribution is -0.139. The molecule has 3 aromatic carbocycles. The molecule has 5 rings (SSSR count). The Morgan fingerprint density at radius 3 is 2.55 bits per heavy atom. The number of amides is 1. The third kappa shape index (κ3) is 4.48. The fraction of sp³-hybridized carbons (Fsp3) is 0.172. The number of halogens is 2. The van der Waals surface area contributed by atoms with Crippen molar-refractivity contribution in [2.75, 3.05) is 20.8 Å². The lowest BCUT2D eigenvalue weighted by Crippen LogP contribution is -2.31. The largest absolute Gasteiger partial charge is 0.507 e. The van der Waals surface area contributed by atoms with Gasteiger partial charge in [0.05, 0.1) is 30.9 Å². The average Bonchev–Trinajstić information content (AvgIpc) is 3.44. The van der Waals surface area contributed by atoms with Crippen LogP contribution in [0.4, 0.5) is 0 Å². The first-order chi connectivity index (χ1) is 18.3. The number of methoxy groups -OCH3 is 2. The number of hydrogen-bond donors (Lipinski definition) is 2. The molecule has 38 heavy (non-hydrogen) atoms. The van der Waals surface area contributed by atoms with Gasteiger partial charge in [-0.2, -0.15) is 0 Å². The van der Waals surface area contributed by atoms with Gasteiger partial charge in [-0.1, -0.05) is 41.4 Å². The molecule has 1 amide bonds. The normalized spacial score (nSPS) is 16.8. The topological polar surface area (TPSA) is 91.9 Å². The molecule has 194 valence electrons. The second kappa shape index (κ2) is 10.4. The summed E-state index contributed by atoms with van der Waals surface area (Å²) in [4.78, 5) is 31.5. The summed E-state index contributed by atoms with van der Waals surface area (Å²) in [5, 5.41) is 12.8. The van der Waals surface area contributed by atoms with Crippen molar-refractivity contribution in [3.8, 4) is 11.5 Å². The van der Waals surface area contributed by atoms with Crippen LogP contribution in [0.15, 0.2) is 72.4 Å². The van der Waals surface area contributed by atoms with Gasteiger partial charge in [-0.15, -0.1) is 0 Å². The van der Waals surface area contributed by atoms with Gasteiger partial charge in [0.1, 0.15) is 17.3 Å². The molecule has 2 heterocycles. The summed E-state index contributed by atoms with van der Waals surface area (Å²) in [6.45, 7) is 0.211. The van der Waals surface area contributed by atoms with E-state index in [1.54, 1.807) is 37.4 Å². The zero-order valence-electron chi connectivity index (χ0n) is 20.6. The number of aliphatic hydroxyl groups excluding tert-OH is 1. The summed E-state index contributed by atoms with van der Waals surface area (Å²) >= 11 is 12.4. The number of nitrogens with one attached hydrogen (secondary N) is 1. The van der Waals surface area contributed by atoms with Crippen molar-refractivity contribution >= 4 is 51.6 Å². The van der Waals surface area contributed by atoms with Gasteiger partial charge in [0.25, 0.3) is 11.7 Å². The van der Waals surface area contributed by atoms with Gasteiger partial charge in [-0.05, 0) is 54.4 Å². The van der Waals surface area contributed by atoms with Crippen LogP contribution >= 0.6 is 23.2 Å². The maximum atomic E-state index is 13.4. The van der Waals surface area contributed by atoms with Crippen LogP contribution in [0.25, 0.3) is 16.7 Å². The standard InChI is InChI=1S/C29H24Cl2N2O5/c1-37-18-8-10-23-21(14-18)16(15-32-23)11-12-33-26(20-5-3-4-6-24(20)38-2)25(28(35)29(33)36)27(34)19-9-7-17(30)13-22(19)31/h3-10,13-15,26,32,34H,11-12H2,1-2H3/t26-/m0/s1. The number of nitrogens with zero attached hydrogens (tertiary/aromatic N) is 1. The highest BCUT2D eigenvalue weighted by Gasteiger charge is 2.47. The van der Waals surface area contributed by atoms with Crippen LogP contribution < -0.4 is 9.47 Å². The molecule has 0 unspecified atom stereocenters. The molecule has 0 aliphatic carbocycles. The number of hydrogen-bond acceptors (Lipinski definition) is 5. The van der Waals surface area contributed by atoms with Gasteiger partial charge >= 0.3 is 0 Å². The molecule has 1 fully saturated rings. The summed E-state index contributed by atoms with van der Waals surface area (Å²) in [7, 11) is 3.12. The monoisotopic (exact) mass is 550 g/mol. The van der Waals surface area contributed by atoms with Gasteiger partial charge < -0.3 is 24.5 Å². The van der Waals surface area contributed by atoms with Gasteiger partial charge in [-0.25, -0.2) is 0 Å². The number of para-hydroxylation sites is 1. The molecule has 2 N–H and O–H groups in total. The van der Waals surface area contributed by atoms with Crippen molar-refractivity contribution in [1.29, 1.82) is 0 Å². The number of ketones is 1. The van der Waals surface area contributed by atoms with E-state index in [0.29, 0.717) is 28.5 Å². The van der Waals surface area contributed by atoms with Crippen molar-refractivity contribution in [1.82, 2.24) is 9.88 Å².